The van der Waals surface area contributed by atoms with Crippen LogP contribution < -0.4 is 5.73 Å². The lowest BCUT2D eigenvalue weighted by Crippen LogP contribution is -2.02. The van der Waals surface area contributed by atoms with Crippen LogP contribution >= 0.6 is 11.6 Å². The Morgan fingerprint density at radius 1 is 1.13 bits per heavy atom. The first kappa shape index (κ1) is 19.2. The van der Waals surface area contributed by atoms with Crippen molar-refractivity contribution in [3.05, 3.63) is 59.2 Å². The minimum Gasteiger partial charge on any atom is -0.399 e. The Bertz CT molecular complexity index is 763. The lowest BCUT2D eigenvalue weighted by atomic mass is 10.1. The van der Waals surface area contributed by atoms with Gasteiger partial charge in [-0.05, 0) is 54.8 Å². The van der Waals surface area contributed by atoms with E-state index < -0.39 is 15.1 Å². The molecule has 0 amide bonds. The van der Waals surface area contributed by atoms with Gasteiger partial charge >= 0.3 is 0 Å². The first-order chi connectivity index (χ1) is 10.6. The molecule has 2 aromatic rings. The van der Waals surface area contributed by atoms with Crippen LogP contribution in [-0.4, -0.2) is 19.9 Å². The van der Waals surface area contributed by atoms with Crippen molar-refractivity contribution < 1.29 is 13.2 Å². The number of carbonyl (C=O) groups is 1. The van der Waals surface area contributed by atoms with Crippen molar-refractivity contribution in [2.75, 3.05) is 12.0 Å². The molecule has 4 nitrogen and oxygen atoms in total. The van der Waals surface area contributed by atoms with E-state index in [1.165, 1.54) is 17.7 Å². The van der Waals surface area contributed by atoms with Crippen LogP contribution in [0.15, 0.2) is 47.4 Å². The van der Waals surface area contributed by atoms with E-state index in [2.05, 4.69) is 0 Å². The zero-order chi connectivity index (χ0) is 17.6. The monoisotopic (exact) mass is 353 g/mol. The van der Waals surface area contributed by atoms with Crippen molar-refractivity contribution in [3.63, 3.8) is 0 Å². The molecule has 0 aliphatic carbocycles. The first-order valence-electron chi connectivity index (χ1n) is 7.00. The molecule has 2 N–H and O–H groups in total. The average Bonchev–Trinajstić information content (AvgIpc) is 2.49. The van der Waals surface area contributed by atoms with Crippen LogP contribution in [0.4, 0.5) is 5.69 Å². The molecule has 0 aromatic heterocycles. The minimum absolute atomic E-state index is 0.115. The van der Waals surface area contributed by atoms with E-state index in [1.54, 1.807) is 6.07 Å². The predicted octanol–water partition coefficient (Wildman–Crippen LogP) is 3.61. The molecular formula is C17H20ClNO3S. The normalized spacial score (nSPS) is 10.6. The van der Waals surface area contributed by atoms with Crippen LogP contribution in [0, 0.1) is 6.92 Å². The molecule has 0 saturated carbocycles. The van der Waals surface area contributed by atoms with Gasteiger partial charge in [0, 0.05) is 17.5 Å². The van der Waals surface area contributed by atoms with Crippen LogP contribution in [-0.2, 0) is 16.3 Å². The maximum atomic E-state index is 11.3. The lowest BCUT2D eigenvalue weighted by molar-refractivity contribution is 0.108. The molecule has 0 fully saturated rings. The number of aryl methyl sites for hydroxylation is 2. The molecule has 23 heavy (non-hydrogen) atoms. The number of benzene rings is 2. The third kappa shape index (κ3) is 6.04. The van der Waals surface area contributed by atoms with E-state index >= 15 is 0 Å². The fraction of sp³-hybridized carbons (Fsp3) is 0.235. The standard InChI is InChI=1S/C10H11ClO3S.C7H9N/c1-3-7-4-5-8(15(2,13)14)6-9(7)10(11)12;1-6-2-4-7(8)5-3-6/h4-6H,3H2,1-2H3;2-5H,8H2,1H3. The molecule has 6 heteroatoms. The number of nitrogen functional groups attached to an aromatic ring is 1. The van der Waals surface area contributed by atoms with Gasteiger partial charge in [-0.15, -0.1) is 0 Å². The molecule has 0 saturated heterocycles. The van der Waals surface area contributed by atoms with Crippen LogP contribution in [0.3, 0.4) is 0 Å². The van der Waals surface area contributed by atoms with Gasteiger partial charge in [0.2, 0.25) is 0 Å². The van der Waals surface area contributed by atoms with Crippen molar-refractivity contribution in [1.29, 1.82) is 0 Å². The topological polar surface area (TPSA) is 77.2 Å². The smallest absolute Gasteiger partial charge is 0.252 e. The summed E-state index contributed by atoms with van der Waals surface area (Å²) in [5.41, 5.74) is 8.52. The Morgan fingerprint density at radius 3 is 2.09 bits per heavy atom. The molecule has 0 bridgehead atoms. The Morgan fingerprint density at radius 2 is 1.70 bits per heavy atom. The van der Waals surface area contributed by atoms with Gasteiger partial charge in [0.05, 0.1) is 4.90 Å². The number of nitrogens with two attached hydrogens (primary N) is 1. The number of hydrogen-bond donors (Lipinski definition) is 1. The Labute approximate surface area is 142 Å². The van der Waals surface area contributed by atoms with E-state index in [4.69, 9.17) is 17.3 Å². The van der Waals surface area contributed by atoms with Gasteiger partial charge in [-0.3, -0.25) is 4.79 Å². The van der Waals surface area contributed by atoms with Gasteiger partial charge in [0.15, 0.2) is 9.84 Å². The van der Waals surface area contributed by atoms with Crippen LogP contribution in [0.25, 0.3) is 0 Å². The number of hydrogen-bond acceptors (Lipinski definition) is 4. The highest BCUT2D eigenvalue weighted by Crippen LogP contribution is 2.18. The second kappa shape index (κ2) is 8.13. The Kier molecular flexibility index (Phi) is 6.79. The lowest BCUT2D eigenvalue weighted by Gasteiger charge is -2.05. The zero-order valence-electron chi connectivity index (χ0n) is 13.3. The SMILES string of the molecule is CCc1ccc(S(C)(=O)=O)cc1C(=O)Cl.Cc1ccc(N)cc1. The Balaban J connectivity index is 0.000000277. The molecule has 2 rings (SSSR count). The van der Waals surface area contributed by atoms with Crippen LogP contribution in [0.2, 0.25) is 0 Å². The summed E-state index contributed by atoms with van der Waals surface area (Å²) in [5.74, 6) is 0. The highest BCUT2D eigenvalue weighted by Gasteiger charge is 2.13. The van der Waals surface area contributed by atoms with E-state index in [0.29, 0.717) is 6.42 Å². The van der Waals surface area contributed by atoms with Gasteiger partial charge in [-0.2, -0.15) is 0 Å². The van der Waals surface area contributed by atoms with Gasteiger partial charge < -0.3 is 5.73 Å². The van der Waals surface area contributed by atoms with Gasteiger partial charge in [0.25, 0.3) is 5.24 Å². The molecule has 0 atom stereocenters. The van der Waals surface area contributed by atoms with Gasteiger partial charge in [-0.25, -0.2) is 8.42 Å². The fourth-order valence-corrected chi connectivity index (χ4v) is 2.67. The van der Waals surface area contributed by atoms with E-state index in [1.807, 2.05) is 38.1 Å². The summed E-state index contributed by atoms with van der Waals surface area (Å²) in [4.78, 5) is 11.2. The number of sulfone groups is 1. The second-order valence-electron chi connectivity index (χ2n) is 5.13. The molecule has 0 heterocycles. The van der Waals surface area contributed by atoms with Gasteiger partial charge in [-0.1, -0.05) is 30.7 Å². The molecule has 0 spiro atoms. The summed E-state index contributed by atoms with van der Waals surface area (Å²) < 4.78 is 22.5. The predicted molar refractivity (Wildman–Crippen MR) is 94.7 cm³/mol. The van der Waals surface area contributed by atoms with Gasteiger partial charge in [0.1, 0.15) is 0 Å². The molecule has 0 aliphatic heterocycles. The van der Waals surface area contributed by atoms with Crippen molar-refractivity contribution in [3.8, 4) is 0 Å². The van der Waals surface area contributed by atoms with E-state index in [9.17, 15) is 13.2 Å². The second-order valence-corrected chi connectivity index (χ2v) is 7.49. The largest absolute Gasteiger partial charge is 0.399 e. The zero-order valence-corrected chi connectivity index (χ0v) is 14.9. The van der Waals surface area contributed by atoms with E-state index in [0.717, 1.165) is 17.5 Å². The van der Waals surface area contributed by atoms with E-state index in [-0.39, 0.29) is 10.5 Å². The fourth-order valence-electron chi connectivity index (χ4n) is 1.84. The molecular weight excluding hydrogens is 334 g/mol. The summed E-state index contributed by atoms with van der Waals surface area (Å²) in [7, 11) is -3.29. The summed E-state index contributed by atoms with van der Waals surface area (Å²) in [6, 6.07) is 12.2. The molecule has 0 radical (unpaired) electrons. The number of rotatable bonds is 3. The highest BCUT2D eigenvalue weighted by atomic mass is 35.5. The van der Waals surface area contributed by atoms with Crippen molar-refractivity contribution in [1.82, 2.24) is 0 Å². The molecule has 0 unspecified atom stereocenters. The van der Waals surface area contributed by atoms with Crippen LogP contribution in [0.5, 0.6) is 0 Å². The first-order valence-corrected chi connectivity index (χ1v) is 9.27. The quantitative estimate of drug-likeness (QED) is 0.675. The maximum absolute atomic E-state index is 11.3. The average molecular weight is 354 g/mol. The summed E-state index contributed by atoms with van der Waals surface area (Å²) in [5, 5.41) is -0.627. The third-order valence-electron chi connectivity index (χ3n) is 3.18. The minimum atomic E-state index is -3.29. The molecule has 124 valence electrons. The number of carbonyl (C=O) groups excluding carboxylic acids is 1. The molecule has 2 aromatic carbocycles. The highest BCUT2D eigenvalue weighted by molar-refractivity contribution is 7.90. The Hall–Kier alpha value is -1.85. The van der Waals surface area contributed by atoms with Crippen molar-refractivity contribution in [2.45, 2.75) is 25.2 Å². The van der Waals surface area contributed by atoms with Crippen molar-refractivity contribution in [2.24, 2.45) is 0 Å². The summed E-state index contributed by atoms with van der Waals surface area (Å²) in [6.45, 7) is 3.91. The maximum Gasteiger partial charge on any atom is 0.252 e. The molecule has 0 aliphatic rings. The van der Waals surface area contributed by atoms with Crippen molar-refractivity contribution >= 4 is 32.4 Å². The van der Waals surface area contributed by atoms with Crippen LogP contribution in [0.1, 0.15) is 28.4 Å². The third-order valence-corrected chi connectivity index (χ3v) is 4.49. The summed E-state index contributed by atoms with van der Waals surface area (Å²) in [6.07, 6.45) is 1.73. The number of anilines is 1. The number of halogens is 1. The summed E-state index contributed by atoms with van der Waals surface area (Å²) >= 11 is 5.38.